The molecule has 0 fully saturated rings. The summed E-state index contributed by atoms with van der Waals surface area (Å²) in [7, 11) is 3.06. The van der Waals surface area contributed by atoms with Gasteiger partial charge in [0.15, 0.2) is 0 Å². The molecule has 160 valence electrons. The van der Waals surface area contributed by atoms with Crippen LogP contribution >= 0.6 is 0 Å². The van der Waals surface area contributed by atoms with Crippen molar-refractivity contribution >= 4 is 29.1 Å². The number of ether oxygens (including phenoxy) is 1. The first-order valence-electron chi connectivity index (χ1n) is 9.48. The highest BCUT2D eigenvalue weighted by atomic mass is 16.5. The van der Waals surface area contributed by atoms with E-state index in [9.17, 15) is 14.4 Å². The van der Waals surface area contributed by atoms with E-state index in [2.05, 4.69) is 10.4 Å². The van der Waals surface area contributed by atoms with Crippen molar-refractivity contribution < 1.29 is 19.1 Å². The molecule has 0 aliphatic heterocycles. The predicted octanol–water partition coefficient (Wildman–Crippen LogP) is 2.29. The Bertz CT molecular complexity index is 1070. The summed E-state index contributed by atoms with van der Waals surface area (Å²) in [6, 6.07) is 14.0. The Morgan fingerprint density at radius 2 is 1.84 bits per heavy atom. The van der Waals surface area contributed by atoms with Gasteiger partial charge >= 0.3 is 0 Å². The van der Waals surface area contributed by atoms with Crippen LogP contribution in [0.25, 0.3) is 0 Å². The van der Waals surface area contributed by atoms with Gasteiger partial charge in [0.2, 0.25) is 11.8 Å². The summed E-state index contributed by atoms with van der Waals surface area (Å²) in [5.41, 5.74) is 3.74. The standard InChI is InChI=1S/C22H23N5O4/c1-16(28)27(14-20(29)25(2)17-8-5-4-6-9-17)18-10-7-11-19(31-3)21(18)22(30)24-26-13-12-23-15-26/h4-13,15H,14H2,1-3H3,(H,24,30). The lowest BCUT2D eigenvalue weighted by Gasteiger charge is -2.26. The van der Waals surface area contributed by atoms with E-state index in [0.717, 1.165) is 0 Å². The molecule has 1 heterocycles. The second kappa shape index (κ2) is 9.57. The van der Waals surface area contributed by atoms with Gasteiger partial charge in [-0.2, -0.15) is 0 Å². The molecule has 2 aromatic carbocycles. The lowest BCUT2D eigenvalue weighted by Crippen LogP contribution is -2.41. The van der Waals surface area contributed by atoms with Crippen molar-refractivity contribution in [3.8, 4) is 5.75 Å². The number of aromatic nitrogens is 2. The average molecular weight is 421 g/mol. The van der Waals surface area contributed by atoms with Crippen LogP contribution in [0, 0.1) is 0 Å². The molecule has 0 aliphatic carbocycles. The van der Waals surface area contributed by atoms with E-state index in [1.54, 1.807) is 43.6 Å². The molecule has 0 radical (unpaired) electrons. The van der Waals surface area contributed by atoms with Crippen LogP contribution in [0.5, 0.6) is 5.75 Å². The number of carbonyl (C=O) groups is 3. The molecule has 3 amide bonds. The van der Waals surface area contributed by atoms with Gasteiger partial charge in [-0.3, -0.25) is 19.8 Å². The summed E-state index contributed by atoms with van der Waals surface area (Å²) in [5.74, 6) is -0.948. The van der Waals surface area contributed by atoms with E-state index >= 15 is 0 Å². The van der Waals surface area contributed by atoms with Crippen molar-refractivity contribution in [3.63, 3.8) is 0 Å². The number of nitrogens with one attached hydrogen (secondary N) is 1. The molecule has 9 nitrogen and oxygen atoms in total. The van der Waals surface area contributed by atoms with Gasteiger partial charge in [0.25, 0.3) is 5.91 Å². The van der Waals surface area contributed by atoms with Crippen LogP contribution in [-0.2, 0) is 9.59 Å². The fraction of sp³-hybridized carbons (Fsp3) is 0.182. The summed E-state index contributed by atoms with van der Waals surface area (Å²) in [6.45, 7) is 1.09. The van der Waals surface area contributed by atoms with Crippen LogP contribution in [0.2, 0.25) is 0 Å². The molecule has 31 heavy (non-hydrogen) atoms. The number of hydrogen-bond acceptors (Lipinski definition) is 5. The van der Waals surface area contributed by atoms with Crippen LogP contribution in [-0.4, -0.2) is 48.1 Å². The Morgan fingerprint density at radius 3 is 2.45 bits per heavy atom. The summed E-state index contributed by atoms with van der Waals surface area (Å²) >= 11 is 0. The first kappa shape index (κ1) is 21.6. The Kier molecular flexibility index (Phi) is 6.66. The fourth-order valence-electron chi connectivity index (χ4n) is 3.04. The lowest BCUT2D eigenvalue weighted by molar-refractivity contribution is -0.121. The molecule has 0 aliphatic rings. The monoisotopic (exact) mass is 421 g/mol. The van der Waals surface area contributed by atoms with Gasteiger partial charge in [-0.1, -0.05) is 24.3 Å². The SMILES string of the molecule is COc1cccc(N(CC(=O)N(C)c2ccccc2)C(C)=O)c1C(=O)Nn1ccnc1. The second-order valence-corrected chi connectivity index (χ2v) is 6.66. The summed E-state index contributed by atoms with van der Waals surface area (Å²) in [4.78, 5) is 45.0. The van der Waals surface area contributed by atoms with Gasteiger partial charge in [0.05, 0.1) is 12.8 Å². The number of anilines is 2. The summed E-state index contributed by atoms with van der Waals surface area (Å²) in [5, 5.41) is 0. The van der Waals surface area contributed by atoms with Crippen LogP contribution in [0.15, 0.2) is 67.3 Å². The van der Waals surface area contributed by atoms with E-state index in [1.165, 1.54) is 41.0 Å². The minimum atomic E-state index is -0.513. The number of imidazole rings is 1. The fourth-order valence-corrected chi connectivity index (χ4v) is 3.04. The number of amides is 3. The highest BCUT2D eigenvalue weighted by molar-refractivity contribution is 6.11. The Labute approximate surface area is 179 Å². The van der Waals surface area contributed by atoms with Crippen molar-refractivity contribution in [2.45, 2.75) is 6.92 Å². The molecule has 0 saturated carbocycles. The zero-order valence-electron chi connectivity index (χ0n) is 17.5. The zero-order valence-corrected chi connectivity index (χ0v) is 17.5. The summed E-state index contributed by atoms with van der Waals surface area (Å²) < 4.78 is 6.74. The lowest BCUT2D eigenvalue weighted by atomic mass is 10.1. The van der Waals surface area contributed by atoms with Crippen molar-refractivity contribution in [2.24, 2.45) is 0 Å². The van der Waals surface area contributed by atoms with Crippen molar-refractivity contribution in [1.82, 2.24) is 9.66 Å². The molecule has 0 spiro atoms. The molecule has 0 unspecified atom stereocenters. The molecular weight excluding hydrogens is 398 g/mol. The quantitative estimate of drug-likeness (QED) is 0.631. The van der Waals surface area contributed by atoms with Crippen LogP contribution in [0.3, 0.4) is 0 Å². The second-order valence-electron chi connectivity index (χ2n) is 6.66. The third-order valence-corrected chi connectivity index (χ3v) is 4.67. The maximum Gasteiger partial charge on any atom is 0.276 e. The van der Waals surface area contributed by atoms with E-state index in [0.29, 0.717) is 5.69 Å². The maximum absolute atomic E-state index is 13.0. The molecule has 0 bridgehead atoms. The Balaban J connectivity index is 1.94. The Morgan fingerprint density at radius 1 is 1.10 bits per heavy atom. The van der Waals surface area contributed by atoms with Crippen molar-refractivity contribution in [1.29, 1.82) is 0 Å². The van der Waals surface area contributed by atoms with Crippen molar-refractivity contribution in [2.75, 3.05) is 35.9 Å². The normalized spacial score (nSPS) is 10.3. The van der Waals surface area contributed by atoms with Crippen LogP contribution in [0.4, 0.5) is 11.4 Å². The topological polar surface area (TPSA) is 96.8 Å². The highest BCUT2D eigenvalue weighted by Gasteiger charge is 2.26. The van der Waals surface area contributed by atoms with Gasteiger partial charge in [-0.05, 0) is 24.3 Å². The number of likely N-dealkylation sites (N-methyl/N-ethyl adjacent to an activating group) is 1. The van der Waals surface area contributed by atoms with Gasteiger partial charge in [-0.15, -0.1) is 0 Å². The highest BCUT2D eigenvalue weighted by Crippen LogP contribution is 2.30. The first-order valence-corrected chi connectivity index (χ1v) is 9.48. The third kappa shape index (κ3) is 4.89. The van der Waals surface area contributed by atoms with E-state index in [4.69, 9.17) is 4.74 Å². The third-order valence-electron chi connectivity index (χ3n) is 4.67. The number of benzene rings is 2. The Hall–Kier alpha value is -4.14. The molecule has 1 N–H and O–H groups in total. The molecule has 9 heteroatoms. The minimum Gasteiger partial charge on any atom is -0.496 e. The maximum atomic E-state index is 13.0. The summed E-state index contributed by atoms with van der Waals surface area (Å²) in [6.07, 6.45) is 4.51. The first-order chi connectivity index (χ1) is 14.9. The van der Waals surface area contributed by atoms with Gasteiger partial charge in [0.1, 0.15) is 24.2 Å². The number of hydrogen-bond donors (Lipinski definition) is 1. The number of para-hydroxylation sites is 1. The molecule has 1 aromatic heterocycles. The predicted molar refractivity (Wildman–Crippen MR) is 117 cm³/mol. The molecule has 0 saturated heterocycles. The average Bonchev–Trinajstić information content (AvgIpc) is 3.29. The van der Waals surface area contributed by atoms with Crippen LogP contribution < -0.4 is 20.0 Å². The van der Waals surface area contributed by atoms with Crippen molar-refractivity contribution in [3.05, 3.63) is 72.8 Å². The number of nitrogens with zero attached hydrogens (tertiary/aromatic N) is 4. The molecular formula is C22H23N5O4. The number of rotatable bonds is 7. The largest absolute Gasteiger partial charge is 0.496 e. The molecule has 0 atom stereocenters. The van der Waals surface area contributed by atoms with Gasteiger partial charge in [-0.25, -0.2) is 9.66 Å². The smallest absolute Gasteiger partial charge is 0.276 e. The van der Waals surface area contributed by atoms with E-state index in [-0.39, 0.29) is 35.4 Å². The zero-order chi connectivity index (χ0) is 22.4. The minimum absolute atomic E-state index is 0.129. The number of methoxy groups -OCH3 is 1. The van der Waals surface area contributed by atoms with E-state index < -0.39 is 5.91 Å². The number of carbonyl (C=O) groups excluding carboxylic acids is 3. The van der Waals surface area contributed by atoms with E-state index in [1.807, 2.05) is 18.2 Å². The molecule has 3 aromatic rings. The van der Waals surface area contributed by atoms with Crippen LogP contribution in [0.1, 0.15) is 17.3 Å². The van der Waals surface area contributed by atoms with Gasteiger partial charge in [0, 0.05) is 32.1 Å². The van der Waals surface area contributed by atoms with Gasteiger partial charge < -0.3 is 14.5 Å². The molecule has 3 rings (SSSR count).